The van der Waals surface area contributed by atoms with Crippen molar-refractivity contribution in [3.8, 4) is 0 Å². The second-order valence-electron chi connectivity index (χ2n) is 6.05. The van der Waals surface area contributed by atoms with Gasteiger partial charge in [-0.3, -0.25) is 0 Å². The zero-order valence-electron chi connectivity index (χ0n) is 12.5. The van der Waals surface area contributed by atoms with Crippen LogP contribution in [-0.4, -0.2) is 13.1 Å². The SMILES string of the molecule is CNC(Cc1ccc(Br)cc1)C1(c2ccccc2)CCC1. The summed E-state index contributed by atoms with van der Waals surface area (Å²) in [6.45, 7) is 0. The average Bonchev–Trinajstić information content (AvgIpc) is 2.48. The predicted octanol–water partition coefficient (Wildman–Crippen LogP) is 4.70. The molecule has 1 N–H and O–H groups in total. The fourth-order valence-corrected chi connectivity index (χ4v) is 3.86. The van der Waals surface area contributed by atoms with Crippen molar-refractivity contribution in [2.75, 3.05) is 7.05 Å². The van der Waals surface area contributed by atoms with Gasteiger partial charge in [0.05, 0.1) is 0 Å². The minimum atomic E-state index is 0.309. The highest BCUT2D eigenvalue weighted by molar-refractivity contribution is 9.10. The van der Waals surface area contributed by atoms with E-state index in [9.17, 15) is 0 Å². The number of rotatable bonds is 5. The second kappa shape index (κ2) is 6.33. The zero-order valence-corrected chi connectivity index (χ0v) is 14.1. The van der Waals surface area contributed by atoms with Crippen LogP contribution in [0.15, 0.2) is 59.1 Å². The van der Waals surface area contributed by atoms with Gasteiger partial charge in [0.1, 0.15) is 0 Å². The third-order valence-corrected chi connectivity index (χ3v) is 5.49. The van der Waals surface area contributed by atoms with E-state index < -0.39 is 0 Å². The first kappa shape index (κ1) is 14.8. The van der Waals surface area contributed by atoms with Crippen LogP contribution in [0.3, 0.4) is 0 Å². The predicted molar refractivity (Wildman–Crippen MR) is 92.7 cm³/mol. The summed E-state index contributed by atoms with van der Waals surface area (Å²) in [6.07, 6.45) is 5.00. The lowest BCUT2D eigenvalue weighted by Gasteiger charge is -2.48. The molecule has 0 bridgehead atoms. The molecule has 1 unspecified atom stereocenters. The highest BCUT2D eigenvalue weighted by Gasteiger charge is 2.44. The summed E-state index contributed by atoms with van der Waals surface area (Å²) in [7, 11) is 2.10. The lowest BCUT2D eigenvalue weighted by atomic mass is 9.59. The van der Waals surface area contributed by atoms with Crippen molar-refractivity contribution in [2.24, 2.45) is 0 Å². The van der Waals surface area contributed by atoms with E-state index in [-0.39, 0.29) is 0 Å². The lowest BCUT2D eigenvalue weighted by Crippen LogP contribution is -2.52. The van der Waals surface area contributed by atoms with Gasteiger partial charge >= 0.3 is 0 Å². The summed E-state index contributed by atoms with van der Waals surface area (Å²) in [6, 6.07) is 20.3. The van der Waals surface area contributed by atoms with Crippen LogP contribution in [0, 0.1) is 0 Å². The maximum Gasteiger partial charge on any atom is 0.0201 e. The van der Waals surface area contributed by atoms with Crippen LogP contribution in [0.4, 0.5) is 0 Å². The van der Waals surface area contributed by atoms with Gasteiger partial charge in [0.15, 0.2) is 0 Å². The van der Waals surface area contributed by atoms with Crippen LogP contribution in [-0.2, 0) is 11.8 Å². The van der Waals surface area contributed by atoms with Crippen LogP contribution in [0.25, 0.3) is 0 Å². The molecular weight excluding hydrogens is 322 g/mol. The van der Waals surface area contributed by atoms with Crippen molar-refractivity contribution in [3.05, 3.63) is 70.2 Å². The average molecular weight is 344 g/mol. The smallest absolute Gasteiger partial charge is 0.0201 e. The van der Waals surface area contributed by atoms with Crippen LogP contribution >= 0.6 is 15.9 Å². The standard InChI is InChI=1S/C19H22BrN/c1-21-18(14-15-8-10-17(20)11-9-15)19(12-5-13-19)16-6-3-2-4-7-16/h2-4,6-11,18,21H,5,12-14H2,1H3. The van der Waals surface area contributed by atoms with Crippen molar-refractivity contribution < 1.29 is 0 Å². The van der Waals surface area contributed by atoms with Gasteiger partial charge in [-0.15, -0.1) is 0 Å². The monoisotopic (exact) mass is 343 g/mol. The summed E-state index contributed by atoms with van der Waals surface area (Å²) in [5.41, 5.74) is 3.20. The molecule has 0 saturated heterocycles. The van der Waals surface area contributed by atoms with Crippen LogP contribution in [0.5, 0.6) is 0 Å². The minimum absolute atomic E-state index is 0.309. The Balaban J connectivity index is 1.85. The summed E-state index contributed by atoms with van der Waals surface area (Å²) < 4.78 is 1.15. The summed E-state index contributed by atoms with van der Waals surface area (Å²) in [5.74, 6) is 0. The summed E-state index contributed by atoms with van der Waals surface area (Å²) in [4.78, 5) is 0. The number of nitrogens with one attached hydrogen (secondary N) is 1. The summed E-state index contributed by atoms with van der Waals surface area (Å²) in [5, 5.41) is 3.59. The van der Waals surface area contributed by atoms with E-state index in [1.165, 1.54) is 30.4 Å². The molecule has 2 aromatic rings. The van der Waals surface area contributed by atoms with E-state index in [1.807, 2.05) is 0 Å². The maximum atomic E-state index is 3.59. The van der Waals surface area contributed by atoms with Gasteiger partial charge in [-0.2, -0.15) is 0 Å². The van der Waals surface area contributed by atoms with E-state index >= 15 is 0 Å². The molecule has 0 heterocycles. The Morgan fingerprint density at radius 1 is 1.05 bits per heavy atom. The molecule has 0 amide bonds. The number of benzene rings is 2. The molecule has 3 rings (SSSR count). The van der Waals surface area contributed by atoms with Gasteiger partial charge in [-0.1, -0.05) is 64.8 Å². The third-order valence-electron chi connectivity index (χ3n) is 4.96. The van der Waals surface area contributed by atoms with Gasteiger partial charge < -0.3 is 5.32 Å². The molecule has 1 aliphatic carbocycles. The Bertz CT molecular complexity index is 572. The Morgan fingerprint density at radius 3 is 2.24 bits per heavy atom. The van der Waals surface area contributed by atoms with Crippen molar-refractivity contribution >= 4 is 15.9 Å². The Hall–Kier alpha value is -1.12. The molecule has 0 aliphatic heterocycles. The molecule has 0 aromatic heterocycles. The topological polar surface area (TPSA) is 12.0 Å². The van der Waals surface area contributed by atoms with Gasteiger partial charge in [0, 0.05) is 15.9 Å². The van der Waals surface area contributed by atoms with Crippen LogP contribution < -0.4 is 5.32 Å². The number of hydrogen-bond donors (Lipinski definition) is 1. The molecule has 1 aliphatic rings. The van der Waals surface area contributed by atoms with Crippen LogP contribution in [0.2, 0.25) is 0 Å². The Labute approximate surface area is 135 Å². The van der Waals surface area contributed by atoms with Crippen molar-refractivity contribution in [1.29, 1.82) is 0 Å². The molecule has 1 atom stereocenters. The zero-order chi connectivity index (χ0) is 14.7. The second-order valence-corrected chi connectivity index (χ2v) is 6.96. The first-order valence-electron chi connectivity index (χ1n) is 7.72. The Morgan fingerprint density at radius 2 is 1.71 bits per heavy atom. The maximum absolute atomic E-state index is 3.59. The molecule has 110 valence electrons. The fraction of sp³-hybridized carbons (Fsp3) is 0.368. The third kappa shape index (κ3) is 2.93. The van der Waals surface area contributed by atoms with Crippen LogP contribution in [0.1, 0.15) is 30.4 Å². The van der Waals surface area contributed by atoms with E-state index in [2.05, 4.69) is 82.9 Å². The highest BCUT2D eigenvalue weighted by atomic mass is 79.9. The van der Waals surface area contributed by atoms with Crippen molar-refractivity contribution in [2.45, 2.75) is 37.1 Å². The number of likely N-dealkylation sites (N-methyl/N-ethyl adjacent to an activating group) is 1. The fourth-order valence-electron chi connectivity index (χ4n) is 3.60. The normalized spacial score (nSPS) is 18.0. The lowest BCUT2D eigenvalue weighted by molar-refractivity contribution is 0.174. The Kier molecular flexibility index (Phi) is 4.46. The highest BCUT2D eigenvalue weighted by Crippen LogP contribution is 2.47. The molecule has 1 saturated carbocycles. The molecule has 2 aromatic carbocycles. The quantitative estimate of drug-likeness (QED) is 0.829. The largest absolute Gasteiger partial charge is 0.316 e. The number of halogens is 1. The molecule has 1 nitrogen and oxygen atoms in total. The van der Waals surface area contributed by atoms with Gasteiger partial charge in [-0.05, 0) is 49.6 Å². The van der Waals surface area contributed by atoms with E-state index in [1.54, 1.807) is 0 Å². The van der Waals surface area contributed by atoms with E-state index in [0.717, 1.165) is 10.9 Å². The molecule has 2 heteroatoms. The first-order valence-corrected chi connectivity index (χ1v) is 8.51. The van der Waals surface area contributed by atoms with E-state index in [4.69, 9.17) is 0 Å². The molecule has 1 fully saturated rings. The molecule has 0 radical (unpaired) electrons. The van der Waals surface area contributed by atoms with Gasteiger partial charge in [0.2, 0.25) is 0 Å². The van der Waals surface area contributed by atoms with Gasteiger partial charge in [-0.25, -0.2) is 0 Å². The van der Waals surface area contributed by atoms with Crippen molar-refractivity contribution in [1.82, 2.24) is 5.32 Å². The minimum Gasteiger partial charge on any atom is -0.316 e. The van der Waals surface area contributed by atoms with E-state index in [0.29, 0.717) is 11.5 Å². The first-order chi connectivity index (χ1) is 10.2. The molecule has 21 heavy (non-hydrogen) atoms. The molecule has 0 spiro atoms. The van der Waals surface area contributed by atoms with Gasteiger partial charge in [0.25, 0.3) is 0 Å². The number of hydrogen-bond acceptors (Lipinski definition) is 1. The summed E-state index contributed by atoms with van der Waals surface area (Å²) >= 11 is 3.51. The van der Waals surface area contributed by atoms with Crippen molar-refractivity contribution in [3.63, 3.8) is 0 Å². The molecular formula is C19H22BrN.